The van der Waals surface area contributed by atoms with Gasteiger partial charge in [0.25, 0.3) is 0 Å². The van der Waals surface area contributed by atoms with Gasteiger partial charge in [0, 0.05) is 16.6 Å². The van der Waals surface area contributed by atoms with Gasteiger partial charge in [0.15, 0.2) is 5.82 Å². The Bertz CT molecular complexity index is 470. The topological polar surface area (TPSA) is 63.8 Å². The summed E-state index contributed by atoms with van der Waals surface area (Å²) in [5.74, 6) is 6.79. The summed E-state index contributed by atoms with van der Waals surface area (Å²) in [6.07, 6.45) is 0.870. The first-order valence-corrected chi connectivity index (χ1v) is 5.96. The fourth-order valence-electron chi connectivity index (χ4n) is 1.42. The molecule has 16 heavy (non-hydrogen) atoms. The number of nitrogens with two attached hydrogens (primary N) is 1. The van der Waals surface area contributed by atoms with Crippen molar-refractivity contribution in [2.75, 3.05) is 5.43 Å². The summed E-state index contributed by atoms with van der Waals surface area (Å²) >= 11 is 1.69. The van der Waals surface area contributed by atoms with E-state index in [1.54, 1.807) is 11.3 Å². The molecule has 0 radical (unpaired) electrons. The van der Waals surface area contributed by atoms with Crippen molar-refractivity contribution in [1.29, 1.82) is 0 Å². The monoisotopic (exact) mass is 234 g/mol. The van der Waals surface area contributed by atoms with Crippen LogP contribution in [0.15, 0.2) is 18.2 Å². The van der Waals surface area contributed by atoms with E-state index in [0.29, 0.717) is 5.82 Å². The van der Waals surface area contributed by atoms with Gasteiger partial charge < -0.3 is 5.43 Å². The van der Waals surface area contributed by atoms with E-state index >= 15 is 0 Å². The number of aromatic nitrogens is 2. The molecule has 2 rings (SSSR count). The lowest BCUT2D eigenvalue weighted by molar-refractivity contribution is 1.00. The van der Waals surface area contributed by atoms with Gasteiger partial charge in [-0.05, 0) is 25.5 Å². The second-order valence-electron chi connectivity index (χ2n) is 3.48. The van der Waals surface area contributed by atoms with E-state index in [9.17, 15) is 0 Å². The summed E-state index contributed by atoms with van der Waals surface area (Å²) < 4.78 is 0. The molecule has 0 unspecified atom stereocenters. The van der Waals surface area contributed by atoms with Crippen molar-refractivity contribution in [3.63, 3.8) is 0 Å². The average Bonchev–Trinajstić information content (AvgIpc) is 2.75. The van der Waals surface area contributed by atoms with Gasteiger partial charge in [-0.25, -0.2) is 15.8 Å². The molecule has 0 saturated carbocycles. The predicted octanol–water partition coefficient (Wildman–Crippen LogP) is 2.36. The van der Waals surface area contributed by atoms with Crippen LogP contribution in [0.5, 0.6) is 0 Å². The molecule has 4 nitrogen and oxygen atoms in total. The van der Waals surface area contributed by atoms with Crippen LogP contribution in [0.25, 0.3) is 10.7 Å². The maximum absolute atomic E-state index is 5.39. The molecule has 2 aromatic heterocycles. The maximum Gasteiger partial charge on any atom is 0.171 e. The fourth-order valence-corrected chi connectivity index (χ4v) is 2.22. The summed E-state index contributed by atoms with van der Waals surface area (Å²) in [4.78, 5) is 11.2. The SMILES string of the molecule is CCc1cc(NN)nc(-c2ccc(C)s2)n1. The third-order valence-corrected chi connectivity index (χ3v) is 3.25. The number of nitrogens with one attached hydrogen (secondary N) is 1. The smallest absolute Gasteiger partial charge is 0.171 e. The van der Waals surface area contributed by atoms with Crippen molar-refractivity contribution < 1.29 is 0 Å². The van der Waals surface area contributed by atoms with E-state index in [1.165, 1.54) is 4.88 Å². The van der Waals surface area contributed by atoms with E-state index in [-0.39, 0.29) is 0 Å². The minimum atomic E-state index is 0.660. The van der Waals surface area contributed by atoms with Crippen LogP contribution in [0.1, 0.15) is 17.5 Å². The number of thiophene rings is 1. The molecule has 0 spiro atoms. The average molecular weight is 234 g/mol. The van der Waals surface area contributed by atoms with Crippen LogP contribution < -0.4 is 11.3 Å². The second-order valence-corrected chi connectivity index (χ2v) is 4.76. The van der Waals surface area contributed by atoms with E-state index in [1.807, 2.05) is 12.1 Å². The van der Waals surface area contributed by atoms with Crippen LogP contribution in [0, 0.1) is 6.92 Å². The Balaban J connectivity index is 2.47. The fraction of sp³-hybridized carbons (Fsp3) is 0.273. The zero-order valence-corrected chi connectivity index (χ0v) is 10.1. The lowest BCUT2D eigenvalue weighted by Gasteiger charge is -2.04. The molecule has 2 heterocycles. The molecule has 5 heteroatoms. The Morgan fingerprint density at radius 2 is 2.19 bits per heavy atom. The highest BCUT2D eigenvalue weighted by atomic mass is 32.1. The molecule has 0 aliphatic carbocycles. The van der Waals surface area contributed by atoms with Gasteiger partial charge in [-0.1, -0.05) is 6.92 Å². The molecule has 0 saturated heterocycles. The van der Waals surface area contributed by atoms with Gasteiger partial charge in [0.1, 0.15) is 5.82 Å². The molecular formula is C11H14N4S. The van der Waals surface area contributed by atoms with Crippen LogP contribution in [-0.2, 0) is 6.42 Å². The molecule has 3 N–H and O–H groups in total. The van der Waals surface area contributed by atoms with Gasteiger partial charge in [-0.15, -0.1) is 11.3 Å². The van der Waals surface area contributed by atoms with Gasteiger partial charge in [-0.3, -0.25) is 0 Å². The maximum atomic E-state index is 5.39. The van der Waals surface area contributed by atoms with Gasteiger partial charge >= 0.3 is 0 Å². The number of nitrogens with zero attached hydrogens (tertiary/aromatic N) is 2. The Morgan fingerprint density at radius 3 is 2.75 bits per heavy atom. The molecule has 0 aromatic carbocycles. The number of anilines is 1. The summed E-state index contributed by atoms with van der Waals surface area (Å²) in [5, 5.41) is 0. The zero-order valence-electron chi connectivity index (χ0n) is 9.32. The quantitative estimate of drug-likeness (QED) is 0.632. The molecule has 0 atom stereocenters. The van der Waals surface area contributed by atoms with Crippen molar-refractivity contribution in [2.24, 2.45) is 5.84 Å². The molecule has 0 aliphatic heterocycles. The van der Waals surface area contributed by atoms with Gasteiger partial charge in [0.2, 0.25) is 0 Å². The van der Waals surface area contributed by atoms with Gasteiger partial charge in [0.05, 0.1) is 4.88 Å². The van der Waals surface area contributed by atoms with Crippen molar-refractivity contribution in [3.05, 3.63) is 28.8 Å². The lowest BCUT2D eigenvalue weighted by atomic mass is 10.3. The van der Waals surface area contributed by atoms with E-state index in [4.69, 9.17) is 5.84 Å². The summed E-state index contributed by atoms with van der Waals surface area (Å²) in [6.45, 7) is 4.13. The van der Waals surface area contributed by atoms with E-state index in [0.717, 1.165) is 22.8 Å². The highest BCUT2D eigenvalue weighted by Gasteiger charge is 2.07. The van der Waals surface area contributed by atoms with E-state index in [2.05, 4.69) is 35.3 Å². The molecule has 2 aromatic rings. The van der Waals surface area contributed by atoms with Crippen LogP contribution in [-0.4, -0.2) is 9.97 Å². The number of hydrogen-bond acceptors (Lipinski definition) is 5. The van der Waals surface area contributed by atoms with Crippen LogP contribution in [0.4, 0.5) is 5.82 Å². The molecular weight excluding hydrogens is 220 g/mol. The standard InChI is InChI=1S/C11H14N4S/c1-3-8-6-10(15-12)14-11(13-8)9-5-4-7(2)16-9/h4-6H,3,12H2,1-2H3,(H,13,14,15). The minimum absolute atomic E-state index is 0.660. The third-order valence-electron chi connectivity index (χ3n) is 2.25. The Kier molecular flexibility index (Phi) is 3.17. The number of hydrazine groups is 1. The van der Waals surface area contributed by atoms with Crippen molar-refractivity contribution in [3.8, 4) is 10.7 Å². The van der Waals surface area contributed by atoms with Crippen LogP contribution in [0.3, 0.4) is 0 Å². The zero-order chi connectivity index (χ0) is 11.5. The normalized spacial score (nSPS) is 10.4. The van der Waals surface area contributed by atoms with E-state index < -0.39 is 0 Å². The number of nitrogen functional groups attached to an aromatic ring is 1. The second kappa shape index (κ2) is 4.59. The van der Waals surface area contributed by atoms with Crippen LogP contribution in [0.2, 0.25) is 0 Å². The predicted molar refractivity (Wildman–Crippen MR) is 67.3 cm³/mol. The summed E-state index contributed by atoms with van der Waals surface area (Å²) in [5.41, 5.74) is 3.56. The Labute approximate surface area is 98.5 Å². The van der Waals surface area contributed by atoms with Crippen molar-refractivity contribution >= 4 is 17.2 Å². The Morgan fingerprint density at radius 1 is 1.38 bits per heavy atom. The number of aryl methyl sites for hydroxylation is 2. The first-order valence-electron chi connectivity index (χ1n) is 5.14. The summed E-state index contributed by atoms with van der Waals surface area (Å²) in [7, 11) is 0. The first kappa shape index (κ1) is 11.0. The van der Waals surface area contributed by atoms with Crippen molar-refractivity contribution in [2.45, 2.75) is 20.3 Å². The summed E-state index contributed by atoms with van der Waals surface area (Å²) in [6, 6.07) is 5.97. The highest BCUT2D eigenvalue weighted by molar-refractivity contribution is 7.15. The largest absolute Gasteiger partial charge is 0.308 e. The molecule has 0 fully saturated rings. The highest BCUT2D eigenvalue weighted by Crippen LogP contribution is 2.25. The first-order chi connectivity index (χ1) is 7.72. The number of rotatable bonds is 3. The molecule has 0 amide bonds. The minimum Gasteiger partial charge on any atom is -0.308 e. The van der Waals surface area contributed by atoms with Gasteiger partial charge in [-0.2, -0.15) is 0 Å². The lowest BCUT2D eigenvalue weighted by Crippen LogP contribution is -2.10. The van der Waals surface area contributed by atoms with Crippen LogP contribution >= 0.6 is 11.3 Å². The third kappa shape index (κ3) is 2.20. The molecule has 84 valence electrons. The Hall–Kier alpha value is -1.46. The number of hydrogen-bond donors (Lipinski definition) is 2. The van der Waals surface area contributed by atoms with Crippen molar-refractivity contribution in [1.82, 2.24) is 9.97 Å². The molecule has 0 bridgehead atoms. The molecule has 0 aliphatic rings.